The van der Waals surface area contributed by atoms with E-state index in [4.69, 9.17) is 4.74 Å². The monoisotopic (exact) mass is 330 g/mol. The fourth-order valence-corrected chi connectivity index (χ4v) is 2.37. The summed E-state index contributed by atoms with van der Waals surface area (Å²) in [5.41, 5.74) is -0.161. The molecule has 0 radical (unpaired) electrons. The van der Waals surface area contributed by atoms with E-state index in [0.717, 1.165) is 11.6 Å². The Morgan fingerprint density at radius 1 is 1.29 bits per heavy atom. The van der Waals surface area contributed by atoms with E-state index < -0.39 is 23.5 Å². The van der Waals surface area contributed by atoms with Gasteiger partial charge < -0.3 is 19.7 Å². The van der Waals surface area contributed by atoms with Gasteiger partial charge in [-0.25, -0.2) is 4.79 Å². The molecule has 1 amide bonds. The quantitative estimate of drug-likeness (QED) is 0.866. The molecular weight excluding hydrogens is 312 g/mol. The summed E-state index contributed by atoms with van der Waals surface area (Å²) < 4.78 is 6.41. The van der Waals surface area contributed by atoms with Crippen LogP contribution >= 0.6 is 0 Å². The van der Waals surface area contributed by atoms with E-state index in [9.17, 15) is 19.5 Å². The van der Waals surface area contributed by atoms with Crippen molar-refractivity contribution in [3.63, 3.8) is 0 Å². The summed E-state index contributed by atoms with van der Waals surface area (Å²) in [6.07, 6.45) is 1.24. The molecule has 126 valence electrons. The van der Waals surface area contributed by atoms with Crippen LogP contribution in [0.4, 0.5) is 0 Å². The van der Waals surface area contributed by atoms with Crippen molar-refractivity contribution in [3.8, 4) is 5.75 Å². The first-order valence-electron chi connectivity index (χ1n) is 7.24. The molecule has 0 aliphatic heterocycles. The average Bonchev–Trinajstić information content (AvgIpc) is 2.60. The Hall–Kier alpha value is -3.09. The predicted molar refractivity (Wildman–Crippen MR) is 87.9 cm³/mol. The highest BCUT2D eigenvalue weighted by molar-refractivity contribution is 5.96. The van der Waals surface area contributed by atoms with Gasteiger partial charge in [0, 0.05) is 13.2 Å². The number of hydrogen-bond acceptors (Lipinski definition) is 4. The Kier molecular flexibility index (Phi) is 5.03. The summed E-state index contributed by atoms with van der Waals surface area (Å²) in [6, 6.07) is 7.70. The maximum atomic E-state index is 12.6. The lowest BCUT2D eigenvalue weighted by Gasteiger charge is -2.18. The maximum absolute atomic E-state index is 12.6. The molecule has 0 fully saturated rings. The van der Waals surface area contributed by atoms with Crippen molar-refractivity contribution in [1.82, 2.24) is 9.88 Å². The van der Waals surface area contributed by atoms with Crippen LogP contribution in [0.5, 0.6) is 5.75 Å². The van der Waals surface area contributed by atoms with E-state index in [1.807, 2.05) is 0 Å². The zero-order chi connectivity index (χ0) is 17.9. The molecule has 7 nitrogen and oxygen atoms in total. The van der Waals surface area contributed by atoms with Crippen molar-refractivity contribution in [3.05, 3.63) is 63.6 Å². The second-order valence-corrected chi connectivity index (χ2v) is 5.19. The summed E-state index contributed by atoms with van der Waals surface area (Å²) in [5.74, 6) is -1.23. The largest absolute Gasteiger partial charge is 0.497 e. The van der Waals surface area contributed by atoms with Gasteiger partial charge in [-0.1, -0.05) is 12.1 Å². The highest BCUT2D eigenvalue weighted by atomic mass is 16.5. The highest BCUT2D eigenvalue weighted by Crippen LogP contribution is 2.21. The number of carboxylic acids is 1. The molecule has 0 spiro atoms. The van der Waals surface area contributed by atoms with Crippen LogP contribution in [0.3, 0.4) is 0 Å². The summed E-state index contributed by atoms with van der Waals surface area (Å²) >= 11 is 0. The summed E-state index contributed by atoms with van der Waals surface area (Å²) in [4.78, 5) is 35.8. The van der Waals surface area contributed by atoms with Crippen LogP contribution in [-0.4, -0.2) is 35.7 Å². The smallest absolute Gasteiger partial charge is 0.337 e. The SMILES string of the molecule is CNC(=O)c1cc(C(=O)O)cn([C@@H](C)c2cccc(OC)c2)c1=O. The number of nitrogens with zero attached hydrogens (tertiary/aromatic N) is 1. The molecule has 2 rings (SSSR count). The number of hydrogen-bond donors (Lipinski definition) is 2. The normalized spacial score (nSPS) is 11.6. The van der Waals surface area contributed by atoms with Gasteiger partial charge in [0.1, 0.15) is 11.3 Å². The Morgan fingerprint density at radius 2 is 2.00 bits per heavy atom. The lowest BCUT2D eigenvalue weighted by atomic mass is 10.1. The highest BCUT2D eigenvalue weighted by Gasteiger charge is 2.19. The topological polar surface area (TPSA) is 97.6 Å². The zero-order valence-electron chi connectivity index (χ0n) is 13.6. The fourth-order valence-electron chi connectivity index (χ4n) is 2.37. The van der Waals surface area contributed by atoms with E-state index in [0.29, 0.717) is 5.75 Å². The van der Waals surface area contributed by atoms with Crippen LogP contribution in [-0.2, 0) is 0 Å². The van der Waals surface area contributed by atoms with Crippen LogP contribution in [0.25, 0.3) is 0 Å². The number of pyridine rings is 1. The molecule has 1 aromatic heterocycles. The summed E-state index contributed by atoms with van der Waals surface area (Å²) in [5, 5.41) is 11.6. The number of carbonyl (C=O) groups excluding carboxylic acids is 1. The molecule has 0 aliphatic carbocycles. The molecule has 24 heavy (non-hydrogen) atoms. The van der Waals surface area contributed by atoms with Crippen molar-refractivity contribution < 1.29 is 19.4 Å². The number of aromatic nitrogens is 1. The second-order valence-electron chi connectivity index (χ2n) is 5.19. The molecule has 1 heterocycles. The van der Waals surface area contributed by atoms with E-state index in [1.165, 1.54) is 24.9 Å². The van der Waals surface area contributed by atoms with Crippen molar-refractivity contribution in [2.24, 2.45) is 0 Å². The third kappa shape index (κ3) is 3.29. The van der Waals surface area contributed by atoms with Gasteiger partial charge in [-0.2, -0.15) is 0 Å². The molecule has 2 aromatic rings. The number of amides is 1. The maximum Gasteiger partial charge on any atom is 0.337 e. The van der Waals surface area contributed by atoms with Gasteiger partial charge in [0.05, 0.1) is 18.7 Å². The Balaban J connectivity index is 2.63. The van der Waals surface area contributed by atoms with Gasteiger partial charge in [-0.3, -0.25) is 9.59 Å². The van der Waals surface area contributed by atoms with Gasteiger partial charge in [-0.05, 0) is 30.7 Å². The number of aromatic carboxylic acids is 1. The Morgan fingerprint density at radius 3 is 2.58 bits per heavy atom. The molecular formula is C17H18N2O5. The van der Waals surface area contributed by atoms with Gasteiger partial charge in [0.15, 0.2) is 0 Å². The van der Waals surface area contributed by atoms with Gasteiger partial charge in [0.2, 0.25) is 0 Å². The summed E-state index contributed by atoms with van der Waals surface area (Å²) in [7, 11) is 2.91. The minimum Gasteiger partial charge on any atom is -0.497 e. The molecule has 0 bridgehead atoms. The zero-order valence-corrected chi connectivity index (χ0v) is 13.6. The standard InChI is InChI=1S/C17H18N2O5/c1-10(11-5-4-6-13(7-11)24-3)19-9-12(17(22)23)8-14(16(19)21)15(20)18-2/h4-10H,1-3H3,(H,18,20)(H,22,23)/t10-/m0/s1. The van der Waals surface area contributed by atoms with Crippen molar-refractivity contribution in [2.45, 2.75) is 13.0 Å². The number of benzene rings is 1. The lowest BCUT2D eigenvalue weighted by molar-refractivity contribution is 0.0695. The molecule has 0 unspecified atom stereocenters. The molecule has 7 heteroatoms. The third-order valence-corrected chi connectivity index (χ3v) is 3.76. The van der Waals surface area contributed by atoms with Gasteiger partial charge in [0.25, 0.3) is 11.5 Å². The molecule has 0 saturated heterocycles. The first-order chi connectivity index (χ1) is 11.4. The lowest BCUT2D eigenvalue weighted by Crippen LogP contribution is -2.33. The number of carbonyl (C=O) groups is 2. The third-order valence-electron chi connectivity index (χ3n) is 3.76. The number of methoxy groups -OCH3 is 1. The van der Waals surface area contributed by atoms with E-state index in [2.05, 4.69) is 5.32 Å². The molecule has 1 atom stereocenters. The minimum absolute atomic E-state index is 0.136. The first kappa shape index (κ1) is 17.3. The van der Waals surface area contributed by atoms with Crippen molar-refractivity contribution in [2.75, 3.05) is 14.2 Å². The Labute approximate surface area is 138 Å². The second kappa shape index (κ2) is 6.99. The number of rotatable bonds is 5. The summed E-state index contributed by atoms with van der Waals surface area (Å²) in [6.45, 7) is 1.75. The van der Waals surface area contributed by atoms with E-state index >= 15 is 0 Å². The van der Waals surface area contributed by atoms with E-state index in [1.54, 1.807) is 31.2 Å². The van der Waals surface area contributed by atoms with Gasteiger partial charge in [-0.15, -0.1) is 0 Å². The van der Waals surface area contributed by atoms with Crippen LogP contribution in [0, 0.1) is 0 Å². The van der Waals surface area contributed by atoms with Crippen molar-refractivity contribution >= 4 is 11.9 Å². The minimum atomic E-state index is -1.22. The van der Waals surface area contributed by atoms with Crippen LogP contribution in [0.2, 0.25) is 0 Å². The Bertz CT molecular complexity index is 841. The van der Waals surface area contributed by atoms with Crippen LogP contribution < -0.4 is 15.6 Å². The van der Waals surface area contributed by atoms with Crippen LogP contribution in [0.1, 0.15) is 39.2 Å². The van der Waals surface area contributed by atoms with E-state index in [-0.39, 0.29) is 11.1 Å². The number of ether oxygens (including phenoxy) is 1. The number of carboxylic acid groups (broad SMARTS) is 1. The first-order valence-corrected chi connectivity index (χ1v) is 7.24. The van der Waals surface area contributed by atoms with Crippen molar-refractivity contribution in [1.29, 1.82) is 0 Å². The molecule has 1 aromatic carbocycles. The fraction of sp³-hybridized carbons (Fsp3) is 0.235. The van der Waals surface area contributed by atoms with Gasteiger partial charge >= 0.3 is 5.97 Å². The average molecular weight is 330 g/mol. The predicted octanol–water partition coefficient (Wildman–Crippen LogP) is 1.52. The molecule has 0 aliphatic rings. The van der Waals surface area contributed by atoms with Crippen LogP contribution in [0.15, 0.2) is 41.3 Å². The molecule has 0 saturated carbocycles. The number of nitrogens with one attached hydrogen (secondary N) is 1. The molecule has 2 N–H and O–H groups in total.